The lowest BCUT2D eigenvalue weighted by Crippen LogP contribution is -2.22. The van der Waals surface area contributed by atoms with Gasteiger partial charge in [0.15, 0.2) is 17.4 Å². The van der Waals surface area contributed by atoms with Gasteiger partial charge >= 0.3 is 0 Å². The predicted octanol–water partition coefficient (Wildman–Crippen LogP) is 3.33. The third-order valence-corrected chi connectivity index (χ3v) is 5.02. The first-order chi connectivity index (χ1) is 15.4. The summed E-state index contributed by atoms with van der Waals surface area (Å²) in [5.41, 5.74) is 1.49. The highest BCUT2D eigenvalue weighted by Crippen LogP contribution is 2.20. The quantitative estimate of drug-likeness (QED) is 0.498. The lowest BCUT2D eigenvalue weighted by atomic mass is 10.1. The number of aromatic nitrogens is 2. The number of methoxy groups -OCH3 is 1. The summed E-state index contributed by atoms with van der Waals surface area (Å²) >= 11 is 0. The van der Waals surface area contributed by atoms with Crippen molar-refractivity contribution in [2.75, 3.05) is 7.11 Å². The minimum absolute atomic E-state index is 0.0426. The number of hydrogen-bond acceptors (Lipinski definition) is 5. The van der Waals surface area contributed by atoms with Crippen LogP contribution in [0.2, 0.25) is 0 Å². The average Bonchev–Trinajstić information content (AvgIpc) is 3.22. The third kappa shape index (κ3) is 4.22. The molecule has 0 aliphatic rings. The Morgan fingerprint density at radius 3 is 2.69 bits per heavy atom. The second kappa shape index (κ2) is 8.62. The Labute approximate surface area is 181 Å². The molecule has 0 aliphatic heterocycles. The zero-order valence-electron chi connectivity index (χ0n) is 17.3. The molecule has 4 rings (SSSR count). The lowest BCUT2D eigenvalue weighted by Gasteiger charge is -2.06. The first-order valence-corrected chi connectivity index (χ1v) is 9.69. The van der Waals surface area contributed by atoms with Crippen molar-refractivity contribution >= 4 is 17.0 Å². The molecule has 0 saturated carbocycles. The highest BCUT2D eigenvalue weighted by molar-refractivity contribution is 5.95. The van der Waals surface area contributed by atoms with E-state index in [1.165, 1.54) is 30.9 Å². The number of fused-ring (bicyclic) bond motifs is 1. The summed E-state index contributed by atoms with van der Waals surface area (Å²) < 4.78 is 38.7. The number of aryl methyl sites for hydroxylation is 1. The van der Waals surface area contributed by atoms with Gasteiger partial charge in [0.25, 0.3) is 11.5 Å². The molecule has 0 aliphatic carbocycles. The number of nitrogens with one attached hydrogen (secondary N) is 1. The van der Waals surface area contributed by atoms with Crippen molar-refractivity contribution in [3.8, 4) is 5.88 Å². The number of pyridine rings is 2. The molecule has 3 heterocycles. The van der Waals surface area contributed by atoms with E-state index in [0.29, 0.717) is 22.4 Å². The minimum atomic E-state index is -0.977. The fourth-order valence-electron chi connectivity index (χ4n) is 3.37. The van der Waals surface area contributed by atoms with E-state index < -0.39 is 17.5 Å². The van der Waals surface area contributed by atoms with Gasteiger partial charge in [0, 0.05) is 43.2 Å². The average molecular weight is 439 g/mol. The monoisotopic (exact) mass is 439 g/mol. The molecule has 1 N–H and O–H groups in total. The Hall–Kier alpha value is -4.01. The molecule has 0 spiro atoms. The van der Waals surface area contributed by atoms with Gasteiger partial charge in [-0.05, 0) is 41.5 Å². The normalized spacial score (nSPS) is 11.0. The molecule has 0 fully saturated rings. The maximum absolute atomic E-state index is 13.5. The number of nitrogens with zero attached hydrogens (tertiary/aromatic N) is 2. The zero-order chi connectivity index (χ0) is 22.8. The van der Waals surface area contributed by atoms with Crippen LogP contribution < -0.4 is 15.6 Å². The molecule has 0 atom stereocenters. The van der Waals surface area contributed by atoms with Crippen LogP contribution in [0.5, 0.6) is 5.88 Å². The highest BCUT2D eigenvalue weighted by Gasteiger charge is 2.17. The number of carbonyl (C=O) groups excluding carboxylic acids is 1. The van der Waals surface area contributed by atoms with E-state index >= 15 is 0 Å². The van der Waals surface area contributed by atoms with Gasteiger partial charge in [0.2, 0.25) is 11.6 Å². The molecular weight excluding hydrogens is 420 g/mol. The molecule has 0 unspecified atom stereocenters. The van der Waals surface area contributed by atoms with Crippen LogP contribution >= 0.6 is 0 Å². The Balaban J connectivity index is 1.57. The van der Waals surface area contributed by atoms with Crippen molar-refractivity contribution in [3.63, 3.8) is 0 Å². The fraction of sp³-hybridized carbons (Fsp3) is 0.174. The summed E-state index contributed by atoms with van der Waals surface area (Å²) in [6, 6.07) is 10.1. The first-order valence-electron chi connectivity index (χ1n) is 9.69. The van der Waals surface area contributed by atoms with Crippen LogP contribution in [0.3, 0.4) is 0 Å². The van der Waals surface area contributed by atoms with E-state index in [-0.39, 0.29) is 30.0 Å². The summed E-state index contributed by atoms with van der Waals surface area (Å²) in [6.45, 7) is 0.231. The van der Waals surface area contributed by atoms with E-state index in [4.69, 9.17) is 9.15 Å². The number of carbonyl (C=O) groups is 1. The van der Waals surface area contributed by atoms with Gasteiger partial charge in [-0.25, -0.2) is 13.8 Å². The smallest absolute Gasteiger partial charge is 0.287 e. The van der Waals surface area contributed by atoms with Crippen LogP contribution in [0.15, 0.2) is 57.9 Å². The lowest BCUT2D eigenvalue weighted by molar-refractivity contribution is 0.0924. The molecule has 3 aromatic heterocycles. The molecule has 0 bridgehead atoms. The summed E-state index contributed by atoms with van der Waals surface area (Å²) in [4.78, 5) is 29.3. The Morgan fingerprint density at radius 1 is 1.12 bits per heavy atom. The van der Waals surface area contributed by atoms with Gasteiger partial charge in [-0.1, -0.05) is 6.07 Å². The SMILES string of the molecule is COc1cc(CNC(=O)c2cc3cc(Cc4ccc(F)c(F)c4)c(=O)n(C)c3o2)ccn1. The Bertz CT molecular complexity index is 1380. The van der Waals surface area contributed by atoms with Gasteiger partial charge < -0.3 is 14.5 Å². The van der Waals surface area contributed by atoms with Gasteiger partial charge in [0.05, 0.1) is 7.11 Å². The number of furan rings is 1. The first kappa shape index (κ1) is 21.2. The number of hydrogen-bond donors (Lipinski definition) is 1. The molecule has 1 aromatic carbocycles. The van der Waals surface area contributed by atoms with Crippen LogP contribution in [0.4, 0.5) is 8.78 Å². The van der Waals surface area contributed by atoms with Crippen molar-refractivity contribution in [1.82, 2.24) is 14.9 Å². The zero-order valence-corrected chi connectivity index (χ0v) is 17.3. The second-order valence-electron chi connectivity index (χ2n) is 7.22. The molecule has 0 saturated heterocycles. The summed E-state index contributed by atoms with van der Waals surface area (Å²) in [7, 11) is 3.03. The maximum Gasteiger partial charge on any atom is 0.287 e. The van der Waals surface area contributed by atoms with Crippen molar-refractivity contribution in [2.24, 2.45) is 7.05 Å². The molecule has 0 radical (unpaired) electrons. The number of benzene rings is 1. The molecule has 9 heteroatoms. The van der Waals surface area contributed by atoms with Crippen LogP contribution in [0.25, 0.3) is 11.1 Å². The van der Waals surface area contributed by atoms with Crippen LogP contribution in [0.1, 0.15) is 27.2 Å². The van der Waals surface area contributed by atoms with Crippen LogP contribution in [-0.4, -0.2) is 22.6 Å². The van der Waals surface area contributed by atoms with Crippen LogP contribution in [-0.2, 0) is 20.0 Å². The van der Waals surface area contributed by atoms with Crippen LogP contribution in [0, 0.1) is 11.6 Å². The van der Waals surface area contributed by atoms with E-state index in [0.717, 1.165) is 17.7 Å². The molecule has 32 heavy (non-hydrogen) atoms. The summed E-state index contributed by atoms with van der Waals surface area (Å²) in [6.07, 6.45) is 1.68. The van der Waals surface area contributed by atoms with E-state index in [2.05, 4.69) is 10.3 Å². The van der Waals surface area contributed by atoms with Gasteiger partial charge in [-0.3, -0.25) is 14.2 Å². The number of ether oxygens (including phenoxy) is 1. The molecule has 164 valence electrons. The van der Waals surface area contributed by atoms with Gasteiger partial charge in [-0.2, -0.15) is 0 Å². The standard InChI is InChI=1S/C23H19F2N3O4/c1-28-22(30)15(7-13-3-4-17(24)18(25)8-13)10-16-11-19(32-23(16)28)21(29)27-12-14-5-6-26-20(9-14)31-2/h3-6,8-11H,7,12H2,1-2H3,(H,27,29). The second-order valence-corrected chi connectivity index (χ2v) is 7.22. The number of rotatable bonds is 6. The molecule has 1 amide bonds. The Kier molecular flexibility index (Phi) is 5.72. The van der Waals surface area contributed by atoms with Crippen molar-refractivity contribution in [1.29, 1.82) is 0 Å². The highest BCUT2D eigenvalue weighted by atomic mass is 19.2. The van der Waals surface area contributed by atoms with E-state index in [1.54, 1.807) is 24.4 Å². The third-order valence-electron chi connectivity index (χ3n) is 5.02. The summed E-state index contributed by atoms with van der Waals surface area (Å²) in [5, 5.41) is 3.29. The van der Waals surface area contributed by atoms with Gasteiger partial charge in [-0.15, -0.1) is 0 Å². The minimum Gasteiger partial charge on any atom is -0.481 e. The fourth-order valence-corrected chi connectivity index (χ4v) is 3.37. The largest absolute Gasteiger partial charge is 0.481 e. The van der Waals surface area contributed by atoms with Crippen molar-refractivity contribution < 1.29 is 22.7 Å². The number of halogens is 2. The van der Waals surface area contributed by atoms with Crippen molar-refractivity contribution in [2.45, 2.75) is 13.0 Å². The molecular formula is C23H19F2N3O4. The Morgan fingerprint density at radius 2 is 1.94 bits per heavy atom. The summed E-state index contributed by atoms with van der Waals surface area (Å²) in [5.74, 6) is -1.90. The molecule has 7 nitrogen and oxygen atoms in total. The van der Waals surface area contributed by atoms with Gasteiger partial charge in [0.1, 0.15) is 0 Å². The maximum atomic E-state index is 13.5. The molecule has 4 aromatic rings. The van der Waals surface area contributed by atoms with Crippen molar-refractivity contribution in [3.05, 3.63) is 93.1 Å². The number of amides is 1. The topological polar surface area (TPSA) is 86.4 Å². The van der Waals surface area contributed by atoms with E-state index in [9.17, 15) is 18.4 Å². The predicted molar refractivity (Wildman–Crippen MR) is 113 cm³/mol. The van der Waals surface area contributed by atoms with E-state index in [1.807, 2.05) is 0 Å².